The van der Waals surface area contributed by atoms with Crippen LogP contribution in [-0.4, -0.2) is 4.98 Å². The molecule has 2 heteroatoms. The van der Waals surface area contributed by atoms with Crippen molar-refractivity contribution in [3.63, 3.8) is 0 Å². The van der Waals surface area contributed by atoms with E-state index in [-0.39, 0.29) is 0 Å². The first kappa shape index (κ1) is 6.28. The summed E-state index contributed by atoms with van der Waals surface area (Å²) in [7, 11) is 0. The average molecular weight is 145 g/mol. The first-order valence-corrected chi connectivity index (χ1v) is 3.46. The van der Waals surface area contributed by atoms with Gasteiger partial charge in [-0.2, -0.15) is 0 Å². The van der Waals surface area contributed by atoms with E-state index < -0.39 is 0 Å². The van der Waals surface area contributed by atoms with Crippen molar-refractivity contribution in [3.8, 4) is 0 Å². The maximum Gasteiger partial charge on any atom is 0.101 e. The highest BCUT2D eigenvalue weighted by molar-refractivity contribution is 5.84. The van der Waals surface area contributed by atoms with Crippen molar-refractivity contribution in [2.24, 2.45) is 0 Å². The average Bonchev–Trinajstić information content (AvgIpc) is 2.27. The molecule has 0 spiro atoms. The molecule has 0 saturated carbocycles. The second-order valence-electron chi connectivity index (χ2n) is 2.65. The largest absolute Gasteiger partial charge is 0.385 e. The van der Waals surface area contributed by atoms with E-state index in [1.807, 2.05) is 24.3 Å². The van der Waals surface area contributed by atoms with Gasteiger partial charge in [-0.05, 0) is 30.7 Å². The molecule has 2 nitrogen and oxygen atoms in total. The minimum atomic E-state index is 0.700. The molecule has 3 N–H and O–H groups in total. The molecule has 1 heterocycles. The number of hydrogen-bond acceptors (Lipinski definition) is 1. The van der Waals surface area contributed by atoms with Gasteiger partial charge in [0.15, 0.2) is 0 Å². The van der Waals surface area contributed by atoms with Crippen LogP contribution in [0.25, 0.3) is 10.9 Å². The smallest absolute Gasteiger partial charge is 0.101 e. The van der Waals surface area contributed by atoms with Crippen molar-refractivity contribution in [2.45, 2.75) is 0 Å². The summed E-state index contributed by atoms with van der Waals surface area (Å²) in [5, 5.41) is 1.12. The number of anilines is 1. The fourth-order valence-corrected chi connectivity index (χ4v) is 1.20. The molecule has 55 valence electrons. The summed E-state index contributed by atoms with van der Waals surface area (Å²) in [6, 6.07) is 7.85. The van der Waals surface area contributed by atoms with Crippen molar-refractivity contribution in [3.05, 3.63) is 36.8 Å². The molecule has 0 amide bonds. The van der Waals surface area contributed by atoms with E-state index >= 15 is 0 Å². The molecule has 0 aliphatic rings. The van der Waals surface area contributed by atoms with Crippen LogP contribution >= 0.6 is 0 Å². The Labute approximate surface area is 65.0 Å². The molecule has 0 unspecified atom stereocenters. The van der Waals surface area contributed by atoms with E-state index in [2.05, 4.69) is 11.9 Å². The summed E-state index contributed by atoms with van der Waals surface area (Å²) in [5.41, 5.74) is 7.64. The highest BCUT2D eigenvalue weighted by Gasteiger charge is 1.95. The zero-order chi connectivity index (χ0) is 7.84. The zero-order valence-electron chi connectivity index (χ0n) is 6.09. The molecule has 0 aliphatic heterocycles. The van der Waals surface area contributed by atoms with Gasteiger partial charge in [0.25, 0.3) is 0 Å². The highest BCUT2D eigenvalue weighted by atomic mass is 14.8. The number of benzene rings is 1. The number of fused-ring (bicyclic) bond motifs is 1. The Morgan fingerprint density at radius 2 is 2.09 bits per heavy atom. The lowest BCUT2D eigenvalue weighted by molar-refractivity contribution is 1.47. The normalized spacial score (nSPS) is 10.6. The molecule has 0 bridgehead atoms. The molecule has 2 rings (SSSR count). The summed E-state index contributed by atoms with van der Waals surface area (Å²) in [4.78, 5) is 3.04. The Morgan fingerprint density at radius 1 is 1.27 bits per heavy atom. The zero-order valence-corrected chi connectivity index (χ0v) is 6.09. The lowest BCUT2D eigenvalue weighted by Crippen LogP contribution is -1.80. The van der Waals surface area contributed by atoms with E-state index in [9.17, 15) is 0 Å². The van der Waals surface area contributed by atoms with Crippen molar-refractivity contribution in [1.82, 2.24) is 4.98 Å². The Balaban J connectivity index is 2.82. The number of hydrogen-bond donors (Lipinski definition) is 2. The Kier molecular flexibility index (Phi) is 1.15. The lowest BCUT2D eigenvalue weighted by atomic mass is 10.2. The Bertz CT molecular complexity index is 387. The van der Waals surface area contributed by atoms with Crippen molar-refractivity contribution in [1.29, 1.82) is 0 Å². The van der Waals surface area contributed by atoms with Crippen LogP contribution in [0.1, 0.15) is 5.56 Å². The number of nitrogens with one attached hydrogen (secondary N) is 1. The van der Waals surface area contributed by atoms with Gasteiger partial charge < -0.3 is 10.7 Å². The number of rotatable bonds is 0. The quantitative estimate of drug-likeness (QED) is 0.584. The molecule has 0 atom stereocenters. The molecule has 1 radical (unpaired) electrons. The van der Waals surface area contributed by atoms with E-state index in [0.29, 0.717) is 5.82 Å². The maximum absolute atomic E-state index is 5.56. The van der Waals surface area contributed by atoms with Crippen molar-refractivity contribution < 1.29 is 0 Å². The standard InChI is InChI=1S/C9H9N2/c1-6-2-3-8-7(4-6)5-9(10)11-8/h2-5,11H,1,10H2. The number of aromatic amines is 1. The molecular formula is C9H9N2. The van der Waals surface area contributed by atoms with Crippen LogP contribution in [-0.2, 0) is 0 Å². The summed E-state index contributed by atoms with van der Waals surface area (Å²) in [5.74, 6) is 0.700. The number of nitrogen functional groups attached to an aromatic ring is 1. The molecule has 0 aliphatic carbocycles. The lowest BCUT2D eigenvalue weighted by Gasteiger charge is -1.90. The topological polar surface area (TPSA) is 41.8 Å². The van der Waals surface area contributed by atoms with E-state index in [4.69, 9.17) is 5.73 Å². The van der Waals surface area contributed by atoms with Crippen LogP contribution in [0.4, 0.5) is 5.82 Å². The van der Waals surface area contributed by atoms with Gasteiger partial charge in [-0.15, -0.1) is 0 Å². The monoisotopic (exact) mass is 145 g/mol. The van der Waals surface area contributed by atoms with Gasteiger partial charge in [0.1, 0.15) is 5.82 Å². The fraction of sp³-hybridized carbons (Fsp3) is 0. The van der Waals surface area contributed by atoms with Crippen molar-refractivity contribution >= 4 is 16.7 Å². The van der Waals surface area contributed by atoms with Crippen LogP contribution in [0.15, 0.2) is 24.3 Å². The molecule has 11 heavy (non-hydrogen) atoms. The summed E-state index contributed by atoms with van der Waals surface area (Å²) in [6.45, 7) is 3.83. The van der Waals surface area contributed by atoms with Gasteiger partial charge in [-0.1, -0.05) is 6.07 Å². The van der Waals surface area contributed by atoms with Crippen LogP contribution in [0, 0.1) is 6.92 Å². The predicted molar refractivity (Wildman–Crippen MR) is 47.2 cm³/mol. The number of H-pyrrole nitrogens is 1. The van der Waals surface area contributed by atoms with Gasteiger partial charge in [-0.3, -0.25) is 0 Å². The van der Waals surface area contributed by atoms with E-state index in [0.717, 1.165) is 16.5 Å². The first-order valence-electron chi connectivity index (χ1n) is 3.46. The Hall–Kier alpha value is -1.44. The highest BCUT2D eigenvalue weighted by Crippen LogP contribution is 2.17. The van der Waals surface area contributed by atoms with E-state index in [1.165, 1.54) is 0 Å². The van der Waals surface area contributed by atoms with Crippen LogP contribution in [0.5, 0.6) is 0 Å². The van der Waals surface area contributed by atoms with Crippen molar-refractivity contribution in [2.75, 3.05) is 5.73 Å². The molecule has 1 aromatic carbocycles. The Morgan fingerprint density at radius 3 is 2.91 bits per heavy atom. The van der Waals surface area contributed by atoms with Crippen LogP contribution < -0.4 is 5.73 Å². The number of aromatic nitrogens is 1. The third-order valence-corrected chi connectivity index (χ3v) is 1.71. The molecule has 0 saturated heterocycles. The summed E-state index contributed by atoms with van der Waals surface area (Å²) >= 11 is 0. The SMILES string of the molecule is [CH2]c1ccc2[nH]c(N)cc2c1. The van der Waals surface area contributed by atoms with Gasteiger partial charge in [0.05, 0.1) is 0 Å². The van der Waals surface area contributed by atoms with Gasteiger partial charge in [0, 0.05) is 10.9 Å². The predicted octanol–water partition coefficient (Wildman–Crippen LogP) is 1.93. The van der Waals surface area contributed by atoms with E-state index in [1.54, 1.807) is 0 Å². The molecule has 1 aromatic heterocycles. The minimum Gasteiger partial charge on any atom is -0.385 e. The van der Waals surface area contributed by atoms with Gasteiger partial charge in [-0.25, -0.2) is 0 Å². The van der Waals surface area contributed by atoms with Crippen LogP contribution in [0.3, 0.4) is 0 Å². The van der Waals surface area contributed by atoms with Gasteiger partial charge >= 0.3 is 0 Å². The fourth-order valence-electron chi connectivity index (χ4n) is 1.20. The van der Waals surface area contributed by atoms with Gasteiger partial charge in [0.2, 0.25) is 0 Å². The second kappa shape index (κ2) is 2.02. The maximum atomic E-state index is 5.56. The third kappa shape index (κ3) is 0.963. The molecule has 2 aromatic rings. The third-order valence-electron chi connectivity index (χ3n) is 1.71. The van der Waals surface area contributed by atoms with Crippen LogP contribution in [0.2, 0.25) is 0 Å². The second-order valence-corrected chi connectivity index (χ2v) is 2.65. The summed E-state index contributed by atoms with van der Waals surface area (Å²) in [6.07, 6.45) is 0. The molecule has 0 fully saturated rings. The summed E-state index contributed by atoms with van der Waals surface area (Å²) < 4.78 is 0. The number of nitrogens with two attached hydrogens (primary N) is 1. The molecular weight excluding hydrogens is 136 g/mol. The first-order chi connectivity index (χ1) is 5.25. The minimum absolute atomic E-state index is 0.700.